The number of hydrogen-bond acceptors (Lipinski definition) is 7. The number of nitrogens with zero attached hydrogens (tertiary/aromatic N) is 1. The molecule has 0 aliphatic carbocycles. The summed E-state index contributed by atoms with van der Waals surface area (Å²) in [6, 6.07) is 13.6. The van der Waals surface area contributed by atoms with E-state index in [1.807, 2.05) is 19.1 Å². The number of alkyl halides is 1. The second kappa shape index (κ2) is 13.3. The lowest BCUT2D eigenvalue weighted by molar-refractivity contribution is -0.138. The van der Waals surface area contributed by atoms with Gasteiger partial charge in [-0.2, -0.15) is 0 Å². The Morgan fingerprint density at radius 3 is 2.24 bits per heavy atom. The van der Waals surface area contributed by atoms with Crippen LogP contribution in [-0.2, 0) is 14.4 Å². The van der Waals surface area contributed by atoms with Crippen molar-refractivity contribution in [2.45, 2.75) is 59.9 Å². The van der Waals surface area contributed by atoms with Gasteiger partial charge < -0.3 is 30.1 Å². The summed E-state index contributed by atoms with van der Waals surface area (Å²) in [7, 11) is 1.59. The fourth-order valence-corrected chi connectivity index (χ4v) is 10.2. The summed E-state index contributed by atoms with van der Waals surface area (Å²) in [5, 5.41) is 15.1. The number of carbonyl (C=O) groups excluding carboxylic acids is 3. The van der Waals surface area contributed by atoms with Crippen LogP contribution in [0.1, 0.15) is 39.0 Å². The number of aliphatic hydroxyl groups is 1. The molecule has 3 fully saturated rings. The van der Waals surface area contributed by atoms with Gasteiger partial charge in [-0.1, -0.05) is 28.8 Å². The number of rotatable bonds is 13. The van der Waals surface area contributed by atoms with Crippen LogP contribution in [0.3, 0.4) is 0 Å². The summed E-state index contributed by atoms with van der Waals surface area (Å²) < 4.78 is 10.0. The number of methoxy groups -OCH3 is 1. The van der Waals surface area contributed by atoms with Crippen molar-refractivity contribution in [3.8, 4) is 11.5 Å². The van der Waals surface area contributed by atoms with Crippen molar-refractivity contribution in [1.29, 1.82) is 0 Å². The molecule has 226 valence electrons. The highest BCUT2D eigenvalue weighted by Crippen LogP contribution is 2.67. The summed E-state index contributed by atoms with van der Waals surface area (Å²) in [6.07, 6.45) is 3.73. The van der Waals surface area contributed by atoms with Crippen molar-refractivity contribution >= 4 is 56.8 Å². The summed E-state index contributed by atoms with van der Waals surface area (Å²) in [5.41, 5.74) is 1.25. The topological polar surface area (TPSA) is 117 Å². The van der Waals surface area contributed by atoms with E-state index in [0.717, 1.165) is 25.0 Å². The molecule has 11 heteroatoms. The normalized spacial score (nSPS) is 27.6. The Bertz CT molecular complexity index is 1280. The van der Waals surface area contributed by atoms with E-state index in [2.05, 4.69) is 26.6 Å². The Hall–Kier alpha value is -2.76. The summed E-state index contributed by atoms with van der Waals surface area (Å²) in [4.78, 5) is 43.8. The van der Waals surface area contributed by atoms with Crippen LogP contribution in [0, 0.1) is 11.8 Å². The molecule has 0 aromatic heterocycles. The van der Waals surface area contributed by atoms with Gasteiger partial charge in [-0.25, -0.2) is 0 Å². The van der Waals surface area contributed by atoms with Crippen molar-refractivity contribution < 1.29 is 29.0 Å². The van der Waals surface area contributed by atoms with Gasteiger partial charge >= 0.3 is 0 Å². The molecule has 9 nitrogen and oxygen atoms in total. The summed E-state index contributed by atoms with van der Waals surface area (Å²) >= 11 is 5.43. The van der Waals surface area contributed by atoms with Gasteiger partial charge in [0.05, 0.1) is 30.3 Å². The van der Waals surface area contributed by atoms with Crippen LogP contribution in [0.25, 0.3) is 0 Å². The van der Waals surface area contributed by atoms with Gasteiger partial charge in [0.2, 0.25) is 17.7 Å². The Morgan fingerprint density at radius 1 is 1.00 bits per heavy atom. The number of aliphatic hydroxyl groups excluding tert-OH is 1. The third kappa shape index (κ3) is 5.88. The third-order valence-electron chi connectivity index (χ3n) is 8.44. The maximum Gasteiger partial charge on any atom is 0.248 e. The monoisotopic (exact) mass is 659 g/mol. The van der Waals surface area contributed by atoms with Crippen LogP contribution in [-0.4, -0.2) is 75.5 Å². The molecule has 0 radical (unpaired) electrons. The number of thioether (sulfide) groups is 1. The number of amides is 3. The van der Waals surface area contributed by atoms with Crippen molar-refractivity contribution in [2.75, 3.05) is 37.5 Å². The van der Waals surface area contributed by atoms with Crippen LogP contribution >= 0.6 is 27.7 Å². The molecule has 3 unspecified atom stereocenters. The molecule has 3 N–H and O–H groups in total. The molecule has 3 aliphatic rings. The zero-order chi connectivity index (χ0) is 29.9. The van der Waals surface area contributed by atoms with Crippen LogP contribution in [0.2, 0.25) is 0 Å². The quantitative estimate of drug-likeness (QED) is 0.211. The second-order valence-corrected chi connectivity index (χ2v) is 13.7. The van der Waals surface area contributed by atoms with E-state index >= 15 is 0 Å². The van der Waals surface area contributed by atoms with Gasteiger partial charge in [0.25, 0.3) is 0 Å². The Labute approximate surface area is 259 Å². The zero-order valence-electron chi connectivity index (χ0n) is 23.9. The molecule has 0 saturated carbocycles. The fourth-order valence-electron chi connectivity index (χ4n) is 6.63. The first kappa shape index (κ1) is 30.7. The standard InChI is InChI=1S/C31H38BrN3O6S/c1-3-41-22-14-10-19(11-15-22)33-28(37)24-25-30(39)35(16-6-4-5-7-17-36)27(31(25)18-23(32)26(24)42-31)29(38)34-20-8-12-21(40-2)13-9-20/h8-15,23-27,36H,3-7,16-18H2,1-2H3,(H,33,37)(H,34,38)/t23?,24-,25-,26-,27?,31?/m0/s1. The maximum atomic E-state index is 14.2. The SMILES string of the molecule is CCOc1ccc(NC(=O)[C@H]2[C@H]3C(=O)N(CCCCCCO)C(C(=O)Nc4ccc(OC)cc4)C34CC(Br)[C@@H]2S4)cc1. The van der Waals surface area contributed by atoms with Gasteiger partial charge in [0.15, 0.2) is 0 Å². The highest BCUT2D eigenvalue weighted by atomic mass is 79.9. The van der Waals surface area contributed by atoms with Gasteiger partial charge in [-0.15, -0.1) is 11.8 Å². The van der Waals surface area contributed by atoms with Crippen molar-refractivity contribution in [3.05, 3.63) is 48.5 Å². The van der Waals surface area contributed by atoms with E-state index in [0.29, 0.717) is 43.1 Å². The van der Waals surface area contributed by atoms with Crippen molar-refractivity contribution in [3.63, 3.8) is 0 Å². The average Bonchev–Trinajstić information content (AvgIpc) is 3.57. The smallest absolute Gasteiger partial charge is 0.248 e. The number of carbonyl (C=O) groups is 3. The number of nitrogens with one attached hydrogen (secondary N) is 2. The first-order valence-electron chi connectivity index (χ1n) is 14.5. The second-order valence-electron chi connectivity index (χ2n) is 11.0. The molecule has 2 aromatic carbocycles. The lowest BCUT2D eigenvalue weighted by Crippen LogP contribution is -2.52. The molecule has 3 aliphatic heterocycles. The zero-order valence-corrected chi connectivity index (χ0v) is 26.3. The van der Waals surface area contributed by atoms with E-state index in [4.69, 9.17) is 14.6 Å². The van der Waals surface area contributed by atoms with Gasteiger partial charge in [0, 0.05) is 34.6 Å². The molecule has 1 spiro atoms. The molecular formula is C31H38BrN3O6S. The molecule has 6 atom stereocenters. The number of benzene rings is 2. The number of halogens is 1. The van der Waals surface area contributed by atoms with Crippen LogP contribution in [0.5, 0.6) is 11.5 Å². The molecular weight excluding hydrogens is 622 g/mol. The third-order valence-corrected chi connectivity index (χ3v) is 11.7. The lowest BCUT2D eigenvalue weighted by atomic mass is 9.70. The number of ether oxygens (including phenoxy) is 2. The van der Waals surface area contributed by atoms with E-state index in [-0.39, 0.29) is 34.4 Å². The molecule has 42 heavy (non-hydrogen) atoms. The Kier molecular flexibility index (Phi) is 9.69. The Balaban J connectivity index is 1.41. The molecule has 3 saturated heterocycles. The number of fused-ring (bicyclic) bond motifs is 1. The highest BCUT2D eigenvalue weighted by molar-refractivity contribution is 9.09. The molecule has 3 heterocycles. The highest BCUT2D eigenvalue weighted by Gasteiger charge is 2.75. The minimum Gasteiger partial charge on any atom is -0.497 e. The van der Waals surface area contributed by atoms with Gasteiger partial charge in [-0.05, 0) is 74.7 Å². The maximum absolute atomic E-state index is 14.2. The minimum absolute atomic E-state index is 0.0107. The van der Waals surface area contributed by atoms with Gasteiger partial charge in [0.1, 0.15) is 17.5 Å². The summed E-state index contributed by atoms with van der Waals surface area (Å²) in [6.45, 7) is 3.03. The van der Waals surface area contributed by atoms with Crippen molar-refractivity contribution in [1.82, 2.24) is 4.90 Å². The minimum atomic E-state index is -0.724. The molecule has 2 aromatic rings. The van der Waals surface area contributed by atoms with E-state index < -0.39 is 22.6 Å². The number of anilines is 2. The number of likely N-dealkylation sites (tertiary alicyclic amines) is 1. The summed E-state index contributed by atoms with van der Waals surface area (Å²) in [5.74, 6) is -0.367. The molecule has 3 amide bonds. The van der Waals surface area contributed by atoms with Crippen LogP contribution < -0.4 is 20.1 Å². The predicted octanol–water partition coefficient (Wildman–Crippen LogP) is 4.69. The fraction of sp³-hybridized carbons (Fsp3) is 0.516. The first-order valence-corrected chi connectivity index (χ1v) is 16.3. The molecule has 2 bridgehead atoms. The largest absolute Gasteiger partial charge is 0.497 e. The van der Waals surface area contributed by atoms with E-state index in [9.17, 15) is 14.4 Å². The van der Waals surface area contributed by atoms with Crippen molar-refractivity contribution in [2.24, 2.45) is 11.8 Å². The average molecular weight is 661 g/mol. The lowest BCUT2D eigenvalue weighted by Gasteiger charge is -2.35. The first-order chi connectivity index (χ1) is 20.3. The number of hydrogen-bond donors (Lipinski definition) is 3. The van der Waals surface area contributed by atoms with Crippen LogP contribution in [0.15, 0.2) is 48.5 Å². The van der Waals surface area contributed by atoms with E-state index in [1.54, 1.807) is 60.2 Å². The van der Waals surface area contributed by atoms with Crippen LogP contribution in [0.4, 0.5) is 11.4 Å². The predicted molar refractivity (Wildman–Crippen MR) is 167 cm³/mol. The number of unbranched alkanes of at least 4 members (excludes halogenated alkanes) is 3. The van der Waals surface area contributed by atoms with E-state index in [1.165, 1.54) is 0 Å². The Morgan fingerprint density at radius 2 is 1.62 bits per heavy atom. The van der Waals surface area contributed by atoms with Gasteiger partial charge in [-0.3, -0.25) is 14.4 Å². The molecule has 5 rings (SSSR count).